The molecule has 0 atom stereocenters. The highest BCUT2D eigenvalue weighted by atomic mass is 35.5. The van der Waals surface area contributed by atoms with E-state index in [0.29, 0.717) is 28.5 Å². The molecule has 3 aromatic rings. The first-order valence-electron chi connectivity index (χ1n) is 10.8. The Balaban J connectivity index is 1.44. The van der Waals surface area contributed by atoms with E-state index in [9.17, 15) is 4.79 Å². The van der Waals surface area contributed by atoms with E-state index >= 15 is 0 Å². The molecule has 2 aromatic heterocycles. The van der Waals surface area contributed by atoms with Crippen molar-refractivity contribution >= 4 is 46.3 Å². The van der Waals surface area contributed by atoms with E-state index in [-0.39, 0.29) is 5.91 Å². The quantitative estimate of drug-likeness (QED) is 0.437. The van der Waals surface area contributed by atoms with Gasteiger partial charge in [0.2, 0.25) is 11.9 Å². The van der Waals surface area contributed by atoms with Crippen molar-refractivity contribution < 1.29 is 4.79 Å². The zero-order valence-electron chi connectivity index (χ0n) is 18.6. The van der Waals surface area contributed by atoms with Crippen LogP contribution in [0.25, 0.3) is 0 Å². The second-order valence-corrected chi connectivity index (χ2v) is 8.36. The maximum Gasteiger partial charge on any atom is 0.248 e. The Labute approximate surface area is 197 Å². The van der Waals surface area contributed by atoms with Gasteiger partial charge in [-0.05, 0) is 64.2 Å². The average molecular weight is 467 g/mol. The second kappa shape index (κ2) is 10.5. The van der Waals surface area contributed by atoms with Crippen LogP contribution >= 0.6 is 11.6 Å². The normalized spacial score (nSPS) is 15.0. The lowest BCUT2D eigenvalue weighted by atomic mass is 10.1. The topological polar surface area (TPSA) is 100 Å². The summed E-state index contributed by atoms with van der Waals surface area (Å²) in [6, 6.07) is 7.71. The predicted octanol–water partition coefficient (Wildman–Crippen LogP) is 4.60. The molecule has 0 spiro atoms. The predicted molar refractivity (Wildman–Crippen MR) is 131 cm³/mol. The molecule has 1 aliphatic rings. The third-order valence-electron chi connectivity index (χ3n) is 5.37. The van der Waals surface area contributed by atoms with Crippen LogP contribution in [0.15, 0.2) is 55.0 Å². The number of rotatable bonds is 7. The van der Waals surface area contributed by atoms with Crippen molar-refractivity contribution in [2.24, 2.45) is 0 Å². The SMILES string of the molecule is CC=CC(=O)Nc1cccc(Nc2nc(Nc3cnn(C4CCN(C)CC4)c3)ncc2Cl)c1. The molecule has 3 heterocycles. The molecule has 33 heavy (non-hydrogen) atoms. The van der Waals surface area contributed by atoms with E-state index in [0.717, 1.165) is 37.3 Å². The molecule has 1 aliphatic heterocycles. The van der Waals surface area contributed by atoms with Crippen LogP contribution in [0.3, 0.4) is 0 Å². The number of anilines is 5. The fourth-order valence-corrected chi connectivity index (χ4v) is 3.79. The lowest BCUT2D eigenvalue weighted by Crippen LogP contribution is -2.31. The molecule has 1 saturated heterocycles. The summed E-state index contributed by atoms with van der Waals surface area (Å²) < 4.78 is 2.01. The Kier molecular flexibility index (Phi) is 7.21. The summed E-state index contributed by atoms with van der Waals surface area (Å²) in [6.45, 7) is 3.94. The van der Waals surface area contributed by atoms with Crippen LogP contribution in [0.1, 0.15) is 25.8 Å². The van der Waals surface area contributed by atoms with Crippen molar-refractivity contribution in [2.45, 2.75) is 25.8 Å². The van der Waals surface area contributed by atoms with E-state index in [1.807, 2.05) is 29.1 Å². The molecule has 1 aromatic carbocycles. The van der Waals surface area contributed by atoms with Gasteiger partial charge in [-0.3, -0.25) is 9.48 Å². The summed E-state index contributed by atoms with van der Waals surface area (Å²) in [4.78, 5) is 22.9. The summed E-state index contributed by atoms with van der Waals surface area (Å²) in [6.07, 6.45) is 10.6. The summed E-state index contributed by atoms with van der Waals surface area (Å²) in [5, 5.41) is 14.1. The lowest BCUT2D eigenvalue weighted by molar-refractivity contribution is -0.111. The van der Waals surface area contributed by atoms with Crippen LogP contribution in [-0.4, -0.2) is 50.7 Å². The summed E-state index contributed by atoms with van der Waals surface area (Å²) in [5.41, 5.74) is 2.21. The van der Waals surface area contributed by atoms with Crippen molar-refractivity contribution in [3.8, 4) is 0 Å². The standard InChI is InChI=1S/C23H27ClN8O/c1-3-5-21(33)27-16-6-4-7-17(12-16)28-22-20(24)14-25-23(30-22)29-18-13-26-32(15-18)19-8-10-31(2)11-9-19/h3-7,12-15,19H,8-11H2,1-2H3,(H,27,33)(H2,25,28,29,30). The Morgan fingerprint density at radius 2 is 1.94 bits per heavy atom. The molecule has 172 valence electrons. The fourth-order valence-electron chi connectivity index (χ4n) is 3.65. The van der Waals surface area contributed by atoms with Crippen LogP contribution in [0.5, 0.6) is 0 Å². The molecule has 10 heteroatoms. The van der Waals surface area contributed by atoms with Gasteiger partial charge in [0.1, 0.15) is 5.02 Å². The number of carbonyl (C=O) groups excluding carboxylic acids is 1. The number of halogens is 1. The van der Waals surface area contributed by atoms with E-state index in [1.54, 1.807) is 25.3 Å². The number of hydrogen-bond donors (Lipinski definition) is 3. The second-order valence-electron chi connectivity index (χ2n) is 7.95. The molecule has 1 fully saturated rings. The van der Waals surface area contributed by atoms with E-state index in [1.165, 1.54) is 12.3 Å². The van der Waals surface area contributed by atoms with Crippen LogP contribution in [0.2, 0.25) is 5.02 Å². The Bertz CT molecular complexity index is 1140. The van der Waals surface area contributed by atoms with Crippen molar-refractivity contribution in [1.29, 1.82) is 0 Å². The number of nitrogens with zero attached hydrogens (tertiary/aromatic N) is 5. The van der Waals surface area contributed by atoms with Gasteiger partial charge in [-0.25, -0.2) is 4.98 Å². The highest BCUT2D eigenvalue weighted by Crippen LogP contribution is 2.27. The maximum atomic E-state index is 11.8. The molecular formula is C23H27ClN8O. The molecule has 0 unspecified atom stereocenters. The van der Waals surface area contributed by atoms with Crippen LogP contribution in [-0.2, 0) is 4.79 Å². The molecule has 9 nitrogen and oxygen atoms in total. The molecule has 0 aliphatic carbocycles. The summed E-state index contributed by atoms with van der Waals surface area (Å²) in [7, 11) is 2.14. The number of aromatic nitrogens is 4. The summed E-state index contributed by atoms with van der Waals surface area (Å²) >= 11 is 6.32. The van der Waals surface area contributed by atoms with Crippen LogP contribution in [0.4, 0.5) is 28.8 Å². The van der Waals surface area contributed by atoms with Gasteiger partial charge in [-0.1, -0.05) is 23.7 Å². The third-order valence-corrected chi connectivity index (χ3v) is 5.65. The van der Waals surface area contributed by atoms with E-state index < -0.39 is 0 Å². The van der Waals surface area contributed by atoms with Crippen LogP contribution in [0, 0.1) is 0 Å². The first kappa shape index (κ1) is 22.8. The number of allylic oxidation sites excluding steroid dienone is 1. The highest BCUT2D eigenvalue weighted by molar-refractivity contribution is 6.32. The Hall–Kier alpha value is -3.43. The van der Waals surface area contributed by atoms with Gasteiger partial charge >= 0.3 is 0 Å². The molecule has 3 N–H and O–H groups in total. The molecule has 4 rings (SSSR count). The van der Waals surface area contributed by atoms with Gasteiger partial charge in [0.05, 0.1) is 24.1 Å². The molecule has 0 bridgehead atoms. The Morgan fingerprint density at radius 3 is 2.73 bits per heavy atom. The fraction of sp³-hybridized carbons (Fsp3) is 0.304. The number of piperidine rings is 1. The highest BCUT2D eigenvalue weighted by Gasteiger charge is 2.19. The van der Waals surface area contributed by atoms with Crippen molar-refractivity contribution in [3.63, 3.8) is 0 Å². The number of amides is 1. The first-order chi connectivity index (χ1) is 16.0. The largest absolute Gasteiger partial charge is 0.339 e. The van der Waals surface area contributed by atoms with E-state index in [4.69, 9.17) is 11.6 Å². The molecule has 0 saturated carbocycles. The third kappa shape index (κ3) is 6.09. The zero-order chi connectivity index (χ0) is 23.2. The number of nitrogens with one attached hydrogen (secondary N) is 3. The number of hydrogen-bond acceptors (Lipinski definition) is 7. The van der Waals surface area contributed by atoms with Crippen LogP contribution < -0.4 is 16.0 Å². The minimum Gasteiger partial charge on any atom is -0.339 e. The minimum absolute atomic E-state index is 0.193. The van der Waals surface area contributed by atoms with Crippen molar-refractivity contribution in [2.75, 3.05) is 36.1 Å². The number of carbonyl (C=O) groups is 1. The Morgan fingerprint density at radius 1 is 1.15 bits per heavy atom. The van der Waals surface area contributed by atoms with Gasteiger partial charge in [-0.2, -0.15) is 10.1 Å². The minimum atomic E-state index is -0.193. The zero-order valence-corrected chi connectivity index (χ0v) is 19.4. The number of benzene rings is 1. The van der Waals surface area contributed by atoms with Gasteiger partial charge in [0, 0.05) is 17.6 Å². The van der Waals surface area contributed by atoms with E-state index in [2.05, 4.69) is 43.0 Å². The number of likely N-dealkylation sites (tertiary alicyclic amines) is 1. The first-order valence-corrected chi connectivity index (χ1v) is 11.2. The maximum absolute atomic E-state index is 11.8. The van der Waals surface area contributed by atoms with Gasteiger partial charge in [-0.15, -0.1) is 0 Å². The smallest absolute Gasteiger partial charge is 0.248 e. The average Bonchev–Trinajstić information content (AvgIpc) is 3.25. The molecule has 0 radical (unpaired) electrons. The van der Waals surface area contributed by atoms with Crippen molar-refractivity contribution in [1.82, 2.24) is 24.6 Å². The summed E-state index contributed by atoms with van der Waals surface area (Å²) in [5.74, 6) is 0.665. The monoisotopic (exact) mass is 466 g/mol. The van der Waals surface area contributed by atoms with Gasteiger partial charge in [0.15, 0.2) is 5.82 Å². The molecule has 1 amide bonds. The lowest BCUT2D eigenvalue weighted by Gasteiger charge is -2.28. The van der Waals surface area contributed by atoms with Gasteiger partial charge in [0.25, 0.3) is 0 Å². The molecular weight excluding hydrogens is 440 g/mol. The van der Waals surface area contributed by atoms with Crippen molar-refractivity contribution in [3.05, 3.63) is 60.0 Å². The van der Waals surface area contributed by atoms with Gasteiger partial charge < -0.3 is 20.9 Å².